The smallest absolute Gasteiger partial charge is 0.306 e. The van der Waals surface area contributed by atoms with Gasteiger partial charge in [0.2, 0.25) is 0 Å². The summed E-state index contributed by atoms with van der Waals surface area (Å²) >= 11 is 0. The number of hydrogen-bond donors (Lipinski definition) is 1. The van der Waals surface area contributed by atoms with Crippen molar-refractivity contribution < 1.29 is 24.2 Å². The van der Waals surface area contributed by atoms with Crippen LogP contribution in [-0.2, 0) is 19.1 Å². The fourth-order valence-corrected chi connectivity index (χ4v) is 4.53. The minimum Gasteiger partial charge on any atom is -0.462 e. The largest absolute Gasteiger partial charge is 0.462 e. The van der Waals surface area contributed by atoms with Crippen LogP contribution in [0.25, 0.3) is 0 Å². The standard InChI is InChI=1S/C43H68O5/c1-3-5-7-9-11-13-15-17-19-20-21-22-24-25-27-29-31-33-35-37-42(45)47-40-41(39-44)48-43(46)38-36-34-32-30-28-26-23-18-16-14-12-10-8-6-4-2/h6,8,11-14,17-19,21-23,25,27-28,30,41,44H,3-5,7,9-10,15-16,20,24,26,29,31-40H2,1-2H3/b8-6-,13-11-,14-12-,19-17-,22-21-,23-18-,27-25-,30-28-/t41-/m0/s1. The summed E-state index contributed by atoms with van der Waals surface area (Å²) in [4.78, 5) is 24.2. The highest BCUT2D eigenvalue weighted by Crippen LogP contribution is 2.08. The lowest BCUT2D eigenvalue weighted by Gasteiger charge is -2.15. The van der Waals surface area contributed by atoms with Crippen LogP contribution in [0.1, 0.15) is 142 Å². The molecular weight excluding hydrogens is 596 g/mol. The summed E-state index contributed by atoms with van der Waals surface area (Å²) in [7, 11) is 0. The number of hydrogen-bond acceptors (Lipinski definition) is 5. The first-order chi connectivity index (χ1) is 23.6. The summed E-state index contributed by atoms with van der Waals surface area (Å²) in [6, 6.07) is 0. The third-order valence-corrected chi connectivity index (χ3v) is 7.36. The third-order valence-electron chi connectivity index (χ3n) is 7.36. The van der Waals surface area contributed by atoms with Crippen molar-refractivity contribution in [3.8, 4) is 0 Å². The lowest BCUT2D eigenvalue weighted by molar-refractivity contribution is -0.161. The van der Waals surface area contributed by atoms with Crippen molar-refractivity contribution in [1.29, 1.82) is 0 Å². The zero-order chi connectivity index (χ0) is 35.0. The summed E-state index contributed by atoms with van der Waals surface area (Å²) in [5.74, 6) is -0.688. The van der Waals surface area contributed by atoms with Gasteiger partial charge in [0.05, 0.1) is 6.61 Å². The van der Waals surface area contributed by atoms with E-state index in [1.54, 1.807) is 0 Å². The molecule has 0 aliphatic heterocycles. The fourth-order valence-electron chi connectivity index (χ4n) is 4.53. The van der Waals surface area contributed by atoms with Gasteiger partial charge in [0.15, 0.2) is 6.10 Å². The summed E-state index contributed by atoms with van der Waals surface area (Å²) in [6.07, 6.45) is 53.2. The number of carbonyl (C=O) groups is 2. The van der Waals surface area contributed by atoms with Crippen LogP contribution >= 0.6 is 0 Å². The molecule has 5 nitrogen and oxygen atoms in total. The van der Waals surface area contributed by atoms with Gasteiger partial charge in [-0.05, 0) is 96.3 Å². The molecule has 0 aromatic carbocycles. The fraction of sp³-hybridized carbons (Fsp3) is 0.581. The highest BCUT2D eigenvalue weighted by atomic mass is 16.6. The second-order valence-electron chi connectivity index (χ2n) is 11.9. The van der Waals surface area contributed by atoms with Crippen LogP contribution in [0, 0.1) is 0 Å². The van der Waals surface area contributed by atoms with Crippen LogP contribution in [0.2, 0.25) is 0 Å². The van der Waals surface area contributed by atoms with E-state index < -0.39 is 6.10 Å². The maximum absolute atomic E-state index is 12.1. The molecule has 0 unspecified atom stereocenters. The average Bonchev–Trinajstić information content (AvgIpc) is 3.09. The van der Waals surface area contributed by atoms with Crippen LogP contribution in [0.4, 0.5) is 0 Å². The molecule has 1 atom stereocenters. The van der Waals surface area contributed by atoms with Gasteiger partial charge in [-0.15, -0.1) is 0 Å². The van der Waals surface area contributed by atoms with Gasteiger partial charge in [0.1, 0.15) is 6.61 Å². The number of aliphatic hydroxyl groups is 1. The molecule has 0 aliphatic rings. The zero-order valence-electron chi connectivity index (χ0n) is 30.5. The van der Waals surface area contributed by atoms with Gasteiger partial charge >= 0.3 is 11.9 Å². The first-order valence-corrected chi connectivity index (χ1v) is 18.8. The first-order valence-electron chi connectivity index (χ1n) is 18.8. The van der Waals surface area contributed by atoms with E-state index in [9.17, 15) is 14.7 Å². The van der Waals surface area contributed by atoms with E-state index in [2.05, 4.69) is 111 Å². The quantitative estimate of drug-likeness (QED) is 0.0440. The maximum atomic E-state index is 12.1. The summed E-state index contributed by atoms with van der Waals surface area (Å²) in [5.41, 5.74) is 0. The molecule has 0 bridgehead atoms. The molecule has 0 radical (unpaired) electrons. The van der Waals surface area contributed by atoms with E-state index in [1.165, 1.54) is 25.7 Å². The minimum atomic E-state index is -0.812. The number of ether oxygens (including phenoxy) is 2. The van der Waals surface area contributed by atoms with Gasteiger partial charge in [0, 0.05) is 12.8 Å². The molecule has 5 heteroatoms. The number of esters is 2. The molecule has 0 rings (SSSR count). The molecular formula is C43H68O5. The van der Waals surface area contributed by atoms with Crippen molar-refractivity contribution in [2.75, 3.05) is 13.2 Å². The molecule has 0 spiro atoms. The van der Waals surface area contributed by atoms with Crippen molar-refractivity contribution in [2.24, 2.45) is 0 Å². The van der Waals surface area contributed by atoms with E-state index in [0.29, 0.717) is 6.42 Å². The van der Waals surface area contributed by atoms with E-state index in [-0.39, 0.29) is 31.6 Å². The Morgan fingerprint density at radius 2 is 0.896 bits per heavy atom. The number of rotatable bonds is 32. The van der Waals surface area contributed by atoms with Crippen LogP contribution in [0.5, 0.6) is 0 Å². The first kappa shape index (κ1) is 44.8. The van der Waals surface area contributed by atoms with Crippen LogP contribution < -0.4 is 0 Å². The van der Waals surface area contributed by atoms with Crippen molar-refractivity contribution >= 4 is 11.9 Å². The number of carbonyl (C=O) groups excluding carboxylic acids is 2. The lowest BCUT2D eigenvalue weighted by atomic mass is 10.1. The van der Waals surface area contributed by atoms with Gasteiger partial charge in [-0.2, -0.15) is 0 Å². The van der Waals surface area contributed by atoms with Crippen LogP contribution in [-0.4, -0.2) is 36.4 Å². The number of unbranched alkanes of at least 4 members (excludes halogenated alkanes) is 8. The van der Waals surface area contributed by atoms with Gasteiger partial charge in [-0.1, -0.05) is 130 Å². The molecule has 1 N–H and O–H groups in total. The monoisotopic (exact) mass is 665 g/mol. The molecule has 48 heavy (non-hydrogen) atoms. The molecule has 0 amide bonds. The predicted molar refractivity (Wildman–Crippen MR) is 205 cm³/mol. The Labute approximate surface area is 294 Å². The highest BCUT2D eigenvalue weighted by molar-refractivity contribution is 5.70. The Balaban J connectivity index is 3.75. The van der Waals surface area contributed by atoms with Crippen molar-refractivity contribution in [3.05, 3.63) is 97.2 Å². The van der Waals surface area contributed by atoms with Crippen molar-refractivity contribution in [2.45, 2.75) is 148 Å². The molecule has 0 aromatic heterocycles. The SMILES string of the molecule is CC/C=C\C/C=C\C/C=C\C/C=C\CCCCC(=O)O[C@@H](CO)COC(=O)CCCCC/C=C\C/C=C\C/C=C\C/C=C\CCCCC. The van der Waals surface area contributed by atoms with Gasteiger partial charge < -0.3 is 14.6 Å². The van der Waals surface area contributed by atoms with Crippen LogP contribution in [0.3, 0.4) is 0 Å². The number of aliphatic hydroxyl groups excluding tert-OH is 1. The Kier molecular flexibility index (Phi) is 35.7. The molecule has 0 aromatic rings. The molecule has 0 aliphatic carbocycles. The van der Waals surface area contributed by atoms with Crippen molar-refractivity contribution in [1.82, 2.24) is 0 Å². The van der Waals surface area contributed by atoms with E-state index in [4.69, 9.17) is 9.47 Å². The Hall–Kier alpha value is -3.18. The van der Waals surface area contributed by atoms with E-state index >= 15 is 0 Å². The molecule has 270 valence electrons. The van der Waals surface area contributed by atoms with Gasteiger partial charge in [-0.25, -0.2) is 0 Å². The van der Waals surface area contributed by atoms with E-state index in [0.717, 1.165) is 89.9 Å². The third kappa shape index (κ3) is 35.7. The van der Waals surface area contributed by atoms with Crippen LogP contribution in [0.15, 0.2) is 97.2 Å². The average molecular weight is 665 g/mol. The second kappa shape index (κ2) is 38.3. The highest BCUT2D eigenvalue weighted by Gasteiger charge is 2.15. The number of allylic oxidation sites excluding steroid dienone is 16. The minimum absolute atomic E-state index is 0.106. The summed E-state index contributed by atoms with van der Waals surface area (Å²) in [5, 5.41) is 9.53. The Morgan fingerprint density at radius 1 is 0.500 bits per heavy atom. The van der Waals surface area contributed by atoms with Gasteiger partial charge in [0.25, 0.3) is 0 Å². The molecule has 0 fully saturated rings. The lowest BCUT2D eigenvalue weighted by Crippen LogP contribution is -2.28. The molecule has 0 saturated heterocycles. The second-order valence-corrected chi connectivity index (χ2v) is 11.9. The molecule has 0 heterocycles. The maximum Gasteiger partial charge on any atom is 0.306 e. The zero-order valence-corrected chi connectivity index (χ0v) is 30.5. The Morgan fingerprint density at radius 3 is 1.35 bits per heavy atom. The predicted octanol–water partition coefficient (Wildman–Crippen LogP) is 11.7. The molecule has 0 saturated carbocycles. The topological polar surface area (TPSA) is 72.8 Å². The van der Waals surface area contributed by atoms with E-state index in [1.807, 2.05) is 0 Å². The normalized spacial score (nSPS) is 13.3. The van der Waals surface area contributed by atoms with Gasteiger partial charge in [-0.3, -0.25) is 9.59 Å². The summed E-state index contributed by atoms with van der Waals surface area (Å²) in [6.45, 7) is 3.90. The Bertz CT molecular complexity index is 979. The summed E-state index contributed by atoms with van der Waals surface area (Å²) < 4.78 is 10.5. The van der Waals surface area contributed by atoms with Crippen molar-refractivity contribution in [3.63, 3.8) is 0 Å².